The first-order chi connectivity index (χ1) is 6.88. The molecule has 0 bridgehead atoms. The number of thiophene rings is 1. The molecule has 0 aliphatic carbocycles. The number of hydrogen-bond acceptors (Lipinski definition) is 4. The molecular formula is C9H11IO3S2. The van der Waals surface area contributed by atoms with Crippen LogP contribution in [0.4, 0.5) is 0 Å². The van der Waals surface area contributed by atoms with Gasteiger partial charge in [0.1, 0.15) is 9.84 Å². The Bertz CT molecular complexity index is 448. The molecule has 0 saturated heterocycles. The van der Waals surface area contributed by atoms with Gasteiger partial charge < -0.3 is 0 Å². The second-order valence-electron chi connectivity index (χ2n) is 3.30. The third-order valence-corrected chi connectivity index (χ3v) is 4.63. The third kappa shape index (κ3) is 5.07. The predicted molar refractivity (Wildman–Crippen MR) is 70.3 cm³/mol. The number of hydrogen-bond donors (Lipinski definition) is 0. The van der Waals surface area contributed by atoms with Crippen molar-refractivity contribution in [1.82, 2.24) is 0 Å². The summed E-state index contributed by atoms with van der Waals surface area (Å²) < 4.78 is 22.8. The van der Waals surface area contributed by atoms with Crippen molar-refractivity contribution in [2.45, 2.75) is 12.8 Å². The van der Waals surface area contributed by atoms with Crippen molar-refractivity contribution in [2.75, 3.05) is 12.0 Å². The Labute approximate surface area is 107 Å². The van der Waals surface area contributed by atoms with E-state index < -0.39 is 9.84 Å². The van der Waals surface area contributed by atoms with E-state index in [2.05, 4.69) is 22.6 Å². The minimum absolute atomic E-state index is 0.0258. The van der Waals surface area contributed by atoms with E-state index >= 15 is 0 Å². The van der Waals surface area contributed by atoms with Gasteiger partial charge in [-0.25, -0.2) is 8.42 Å². The van der Waals surface area contributed by atoms with Crippen molar-refractivity contribution in [3.8, 4) is 0 Å². The lowest BCUT2D eigenvalue weighted by molar-refractivity contribution is 0.0982. The molecule has 0 atom stereocenters. The van der Waals surface area contributed by atoms with E-state index in [0.29, 0.717) is 18.4 Å². The largest absolute Gasteiger partial charge is 0.294 e. The molecule has 1 heterocycles. The normalized spacial score (nSPS) is 11.6. The van der Waals surface area contributed by atoms with Crippen LogP contribution < -0.4 is 0 Å². The minimum Gasteiger partial charge on any atom is -0.294 e. The van der Waals surface area contributed by atoms with Gasteiger partial charge in [0, 0.05) is 23.6 Å². The third-order valence-electron chi connectivity index (χ3n) is 1.81. The zero-order chi connectivity index (χ0) is 11.5. The fourth-order valence-electron chi connectivity index (χ4n) is 1.10. The summed E-state index contributed by atoms with van der Waals surface area (Å²) in [6.45, 7) is 0. The summed E-state index contributed by atoms with van der Waals surface area (Å²) >= 11 is 3.67. The number of rotatable bonds is 5. The number of carbonyl (C=O) groups is 1. The van der Waals surface area contributed by atoms with Gasteiger partial charge in [-0.05, 0) is 35.1 Å². The SMILES string of the molecule is CS(=O)(=O)CCCC(=O)c1csc(I)c1. The standard InChI is InChI=1S/C9H11IO3S2/c1-15(12,13)4-2-3-8(11)7-5-9(10)14-6-7/h5-6H,2-4H2,1H3. The number of Topliss-reactive ketones (excluding diaryl/α,β-unsaturated/α-hetero) is 1. The highest BCUT2D eigenvalue weighted by Crippen LogP contribution is 2.18. The molecule has 15 heavy (non-hydrogen) atoms. The maximum atomic E-state index is 11.6. The van der Waals surface area contributed by atoms with E-state index in [4.69, 9.17) is 0 Å². The molecule has 6 heteroatoms. The quantitative estimate of drug-likeness (QED) is 0.600. The molecule has 0 saturated carbocycles. The van der Waals surface area contributed by atoms with Gasteiger partial charge in [-0.1, -0.05) is 0 Å². The Kier molecular flexibility index (Phi) is 4.72. The first kappa shape index (κ1) is 13.1. The number of halogens is 1. The van der Waals surface area contributed by atoms with Crippen LogP contribution in [0.3, 0.4) is 0 Å². The Morgan fingerprint density at radius 2 is 2.20 bits per heavy atom. The molecule has 0 fully saturated rings. The highest BCUT2D eigenvalue weighted by molar-refractivity contribution is 14.1. The van der Waals surface area contributed by atoms with Crippen LogP contribution in [-0.4, -0.2) is 26.2 Å². The minimum atomic E-state index is -2.95. The Hall–Kier alpha value is 0.0500. The summed E-state index contributed by atoms with van der Waals surface area (Å²) in [5.41, 5.74) is 0.693. The van der Waals surface area contributed by atoms with E-state index in [0.717, 1.165) is 2.88 Å². The van der Waals surface area contributed by atoms with Gasteiger partial charge in [0.05, 0.1) is 8.64 Å². The second-order valence-corrected chi connectivity index (χ2v) is 8.36. The van der Waals surface area contributed by atoms with Gasteiger partial charge in [-0.2, -0.15) is 0 Å². The molecule has 1 rings (SSSR count). The molecule has 0 amide bonds. The molecule has 0 unspecified atom stereocenters. The van der Waals surface area contributed by atoms with Crippen LogP contribution in [0.1, 0.15) is 23.2 Å². The van der Waals surface area contributed by atoms with Crippen molar-refractivity contribution in [2.24, 2.45) is 0 Å². The Morgan fingerprint density at radius 3 is 2.67 bits per heavy atom. The molecule has 1 aromatic heterocycles. The average Bonchev–Trinajstić information content (AvgIpc) is 2.49. The van der Waals surface area contributed by atoms with Crippen molar-refractivity contribution < 1.29 is 13.2 Å². The summed E-state index contributed by atoms with van der Waals surface area (Å²) in [4.78, 5) is 11.6. The van der Waals surface area contributed by atoms with Gasteiger partial charge in [0.25, 0.3) is 0 Å². The van der Waals surface area contributed by atoms with Crippen molar-refractivity contribution in [3.63, 3.8) is 0 Å². The fraction of sp³-hybridized carbons (Fsp3) is 0.444. The molecule has 0 spiro atoms. The van der Waals surface area contributed by atoms with Crippen LogP contribution >= 0.6 is 33.9 Å². The molecule has 84 valence electrons. The molecule has 1 aromatic rings. The summed E-state index contributed by atoms with van der Waals surface area (Å²) in [5, 5.41) is 1.81. The van der Waals surface area contributed by atoms with Crippen molar-refractivity contribution in [3.05, 3.63) is 19.9 Å². The number of ketones is 1. The zero-order valence-corrected chi connectivity index (χ0v) is 12.0. The number of sulfone groups is 1. The Balaban J connectivity index is 2.44. The second kappa shape index (κ2) is 5.40. The van der Waals surface area contributed by atoms with Gasteiger partial charge in [0.2, 0.25) is 0 Å². The lowest BCUT2D eigenvalue weighted by atomic mass is 10.1. The molecular weight excluding hydrogens is 347 g/mol. The van der Waals surface area contributed by atoms with E-state index in [1.807, 2.05) is 11.4 Å². The van der Waals surface area contributed by atoms with Crippen LogP contribution in [-0.2, 0) is 9.84 Å². The molecule has 0 radical (unpaired) electrons. The van der Waals surface area contributed by atoms with Crippen LogP contribution in [0.2, 0.25) is 0 Å². The van der Waals surface area contributed by atoms with E-state index in [9.17, 15) is 13.2 Å². The summed E-state index contributed by atoms with van der Waals surface area (Å²) in [5.74, 6) is 0.109. The topological polar surface area (TPSA) is 51.2 Å². The van der Waals surface area contributed by atoms with Gasteiger partial charge in [-0.3, -0.25) is 4.79 Å². The van der Waals surface area contributed by atoms with Gasteiger partial charge in [-0.15, -0.1) is 11.3 Å². The highest BCUT2D eigenvalue weighted by Gasteiger charge is 2.09. The van der Waals surface area contributed by atoms with E-state index in [1.54, 1.807) is 0 Å². The monoisotopic (exact) mass is 358 g/mol. The summed E-state index contributed by atoms with van der Waals surface area (Å²) in [6.07, 6.45) is 1.90. The maximum absolute atomic E-state index is 11.6. The maximum Gasteiger partial charge on any atom is 0.163 e. The number of carbonyl (C=O) groups excluding carboxylic acids is 1. The molecule has 0 N–H and O–H groups in total. The predicted octanol–water partition coefficient (Wildman–Crippen LogP) is 2.36. The molecule has 0 aromatic carbocycles. The molecule has 3 nitrogen and oxygen atoms in total. The van der Waals surface area contributed by atoms with Gasteiger partial charge >= 0.3 is 0 Å². The zero-order valence-electron chi connectivity index (χ0n) is 8.20. The first-order valence-corrected chi connectivity index (χ1v) is 8.35. The van der Waals surface area contributed by atoms with Crippen LogP contribution in [0.15, 0.2) is 11.4 Å². The van der Waals surface area contributed by atoms with E-state index in [1.165, 1.54) is 17.6 Å². The van der Waals surface area contributed by atoms with Crippen LogP contribution in [0, 0.1) is 2.88 Å². The Morgan fingerprint density at radius 1 is 1.53 bits per heavy atom. The van der Waals surface area contributed by atoms with Crippen LogP contribution in [0.25, 0.3) is 0 Å². The lowest BCUT2D eigenvalue weighted by Gasteiger charge is -1.97. The average molecular weight is 358 g/mol. The van der Waals surface area contributed by atoms with Crippen LogP contribution in [0.5, 0.6) is 0 Å². The summed E-state index contributed by atoms with van der Waals surface area (Å²) in [6, 6.07) is 1.83. The highest BCUT2D eigenvalue weighted by atomic mass is 127. The smallest absolute Gasteiger partial charge is 0.163 e. The fourth-order valence-corrected chi connectivity index (χ4v) is 3.12. The van der Waals surface area contributed by atoms with Crippen molar-refractivity contribution >= 4 is 49.5 Å². The molecule has 0 aliphatic heterocycles. The van der Waals surface area contributed by atoms with Crippen molar-refractivity contribution in [1.29, 1.82) is 0 Å². The summed E-state index contributed by atoms with van der Waals surface area (Å²) in [7, 11) is -2.95. The first-order valence-electron chi connectivity index (χ1n) is 4.33. The van der Waals surface area contributed by atoms with Gasteiger partial charge in [0.15, 0.2) is 5.78 Å². The van der Waals surface area contributed by atoms with E-state index in [-0.39, 0.29) is 11.5 Å². The molecule has 0 aliphatic rings. The lowest BCUT2D eigenvalue weighted by Crippen LogP contribution is -2.06.